The first-order chi connectivity index (χ1) is 17.6. The molecule has 0 spiro atoms. The van der Waals surface area contributed by atoms with Gasteiger partial charge in [-0.1, -0.05) is 12.1 Å². The highest BCUT2D eigenvalue weighted by Crippen LogP contribution is 2.41. The van der Waals surface area contributed by atoms with Gasteiger partial charge in [0.15, 0.2) is 0 Å². The number of rotatable bonds is 8. The highest BCUT2D eigenvalue weighted by atomic mass is 32.2. The van der Waals surface area contributed by atoms with Crippen LogP contribution in [0.15, 0.2) is 33.9 Å². The van der Waals surface area contributed by atoms with Crippen molar-refractivity contribution in [2.75, 3.05) is 13.7 Å². The molecule has 2 atom stereocenters. The number of aromatic nitrogens is 3. The molecular formula is C25H34N4O7S. The maximum atomic E-state index is 12.4. The van der Waals surface area contributed by atoms with Crippen LogP contribution in [0.25, 0.3) is 0 Å². The van der Waals surface area contributed by atoms with Gasteiger partial charge in [0.1, 0.15) is 11.6 Å². The lowest BCUT2D eigenvalue weighted by Gasteiger charge is -2.38. The zero-order valence-electron chi connectivity index (χ0n) is 21.3. The predicted octanol–water partition coefficient (Wildman–Crippen LogP) is 1.73. The number of aliphatic carboxylic acids is 2. The van der Waals surface area contributed by atoms with Crippen LogP contribution >= 0.6 is 11.8 Å². The molecule has 1 aromatic carbocycles. The van der Waals surface area contributed by atoms with E-state index in [4.69, 9.17) is 24.5 Å². The molecule has 0 radical (unpaired) electrons. The number of hydrogen-bond acceptors (Lipinski definition) is 8. The third-order valence-electron chi connectivity index (χ3n) is 6.96. The van der Waals surface area contributed by atoms with E-state index in [2.05, 4.69) is 33.8 Å². The first kappa shape index (κ1) is 28.5. The van der Waals surface area contributed by atoms with Gasteiger partial charge in [-0.25, -0.2) is 23.7 Å². The van der Waals surface area contributed by atoms with E-state index in [1.54, 1.807) is 21.1 Å². The van der Waals surface area contributed by atoms with Crippen LogP contribution in [0.4, 0.5) is 0 Å². The molecular weight excluding hydrogens is 500 g/mol. The minimum Gasteiger partial charge on any atom is -0.497 e. The number of fused-ring (bicyclic) bond motifs is 2. The molecule has 2 fully saturated rings. The van der Waals surface area contributed by atoms with E-state index in [0.29, 0.717) is 29.7 Å². The first-order valence-electron chi connectivity index (χ1n) is 12.2. The average Bonchev–Trinajstić information content (AvgIpc) is 3.11. The van der Waals surface area contributed by atoms with Crippen molar-refractivity contribution in [3.63, 3.8) is 0 Å². The fourth-order valence-corrected chi connectivity index (χ4v) is 6.28. The molecule has 1 aromatic heterocycles. The lowest BCUT2D eigenvalue weighted by molar-refractivity contribution is -0.159. The molecule has 4 rings (SSSR count). The summed E-state index contributed by atoms with van der Waals surface area (Å²) in [7, 11) is 3.36. The second kappa shape index (κ2) is 12.9. The van der Waals surface area contributed by atoms with E-state index in [1.807, 2.05) is 12.1 Å². The smallest absolute Gasteiger partial charge is 0.414 e. The summed E-state index contributed by atoms with van der Waals surface area (Å²) in [6, 6.07) is 9.63. The van der Waals surface area contributed by atoms with E-state index in [1.165, 1.54) is 40.4 Å². The topological polar surface area (TPSA) is 144 Å². The van der Waals surface area contributed by atoms with Crippen LogP contribution in [-0.2, 0) is 28.9 Å². The van der Waals surface area contributed by atoms with Crippen molar-refractivity contribution in [2.45, 2.75) is 68.7 Å². The molecule has 2 aliphatic rings. The number of aryl methyl sites for hydroxylation is 1. The first-order valence-corrected chi connectivity index (χ1v) is 13.3. The van der Waals surface area contributed by atoms with Crippen molar-refractivity contribution < 1.29 is 24.5 Å². The molecule has 12 heteroatoms. The van der Waals surface area contributed by atoms with Crippen molar-refractivity contribution in [2.24, 2.45) is 7.05 Å². The van der Waals surface area contributed by atoms with E-state index in [9.17, 15) is 9.59 Å². The Labute approximate surface area is 219 Å². The number of benzene rings is 1. The van der Waals surface area contributed by atoms with Crippen molar-refractivity contribution in [3.05, 3.63) is 56.6 Å². The summed E-state index contributed by atoms with van der Waals surface area (Å²) in [5, 5.41) is 15.5. The molecule has 11 nitrogen and oxygen atoms in total. The summed E-state index contributed by atoms with van der Waals surface area (Å²) in [5.74, 6) is -1.24. The molecule has 2 unspecified atom stereocenters. The Kier molecular flexibility index (Phi) is 9.93. The summed E-state index contributed by atoms with van der Waals surface area (Å²) < 4.78 is 7.95. The summed E-state index contributed by atoms with van der Waals surface area (Å²) in [6.07, 6.45) is 5.78. The zero-order chi connectivity index (χ0) is 27.1. The third-order valence-corrected chi connectivity index (χ3v) is 8.31. The lowest BCUT2D eigenvalue weighted by Crippen LogP contribution is -2.45. The molecule has 2 aliphatic heterocycles. The summed E-state index contributed by atoms with van der Waals surface area (Å²) in [4.78, 5) is 49.3. The average molecular weight is 535 g/mol. The SMILES string of the molecule is COc1ccc(CSC2CC3CCC(C2)N3CCCn2c(=O)nc(C)n(C)c2=O)cc1.O=C(O)C(=O)O. The second-order valence-electron chi connectivity index (χ2n) is 9.27. The summed E-state index contributed by atoms with van der Waals surface area (Å²) in [5.41, 5.74) is 0.644. The molecule has 202 valence electrons. The predicted molar refractivity (Wildman–Crippen MR) is 139 cm³/mol. The highest BCUT2D eigenvalue weighted by molar-refractivity contribution is 7.99. The molecule has 0 amide bonds. The van der Waals surface area contributed by atoms with Gasteiger partial charge in [0.25, 0.3) is 0 Å². The van der Waals surface area contributed by atoms with Gasteiger partial charge in [0.05, 0.1) is 7.11 Å². The Bertz CT molecular complexity index is 1190. The number of ether oxygens (including phenoxy) is 1. The van der Waals surface area contributed by atoms with Crippen LogP contribution in [-0.4, -0.2) is 72.2 Å². The van der Waals surface area contributed by atoms with Crippen LogP contribution in [0, 0.1) is 6.92 Å². The van der Waals surface area contributed by atoms with E-state index in [-0.39, 0.29) is 5.69 Å². The maximum Gasteiger partial charge on any atom is 0.414 e. The van der Waals surface area contributed by atoms with Crippen LogP contribution in [0.3, 0.4) is 0 Å². The number of piperidine rings is 1. The number of carboxylic acids is 2. The number of methoxy groups -OCH3 is 1. The third kappa shape index (κ3) is 7.45. The van der Waals surface area contributed by atoms with Crippen LogP contribution < -0.4 is 16.1 Å². The number of nitrogens with zero attached hydrogens (tertiary/aromatic N) is 4. The minimum atomic E-state index is -1.82. The van der Waals surface area contributed by atoms with E-state index >= 15 is 0 Å². The van der Waals surface area contributed by atoms with Gasteiger partial charge in [-0.05, 0) is 56.7 Å². The van der Waals surface area contributed by atoms with Crippen molar-refractivity contribution in [3.8, 4) is 5.75 Å². The molecule has 2 N–H and O–H groups in total. The largest absolute Gasteiger partial charge is 0.497 e. The standard InChI is InChI=1S/C23H32N4O3S.C2H2O4/c1-16-24-22(28)27(23(29)25(16)2)12-4-11-26-18-7-8-19(26)14-21(13-18)31-15-17-5-9-20(30-3)10-6-17;3-1(4)2(5)6/h5-6,9-10,18-19,21H,4,7-8,11-15H2,1-3H3;(H,3,4)(H,5,6). The quantitative estimate of drug-likeness (QED) is 0.481. The Morgan fingerprint density at radius 2 is 1.65 bits per heavy atom. The van der Waals surface area contributed by atoms with Crippen molar-refractivity contribution in [1.29, 1.82) is 0 Å². The number of carboxylic acid groups (broad SMARTS) is 2. The van der Waals surface area contributed by atoms with Gasteiger partial charge in [0, 0.05) is 43.2 Å². The van der Waals surface area contributed by atoms with E-state index < -0.39 is 17.6 Å². The second-order valence-corrected chi connectivity index (χ2v) is 10.6. The molecule has 0 aliphatic carbocycles. The van der Waals surface area contributed by atoms with Gasteiger partial charge >= 0.3 is 23.3 Å². The minimum absolute atomic E-state index is 0.269. The van der Waals surface area contributed by atoms with Gasteiger partial charge < -0.3 is 14.9 Å². The fourth-order valence-electron chi connectivity index (χ4n) is 4.94. The molecule has 2 bridgehead atoms. The zero-order valence-corrected chi connectivity index (χ0v) is 22.1. The normalized spacial score (nSPS) is 20.7. The van der Waals surface area contributed by atoms with Gasteiger partial charge in [-0.3, -0.25) is 9.47 Å². The monoisotopic (exact) mass is 534 g/mol. The van der Waals surface area contributed by atoms with Gasteiger partial charge in [0.2, 0.25) is 0 Å². The van der Waals surface area contributed by atoms with Crippen LogP contribution in [0.5, 0.6) is 5.75 Å². The highest BCUT2D eigenvalue weighted by Gasteiger charge is 2.40. The molecule has 2 aromatic rings. The van der Waals surface area contributed by atoms with Crippen molar-refractivity contribution in [1.82, 2.24) is 19.0 Å². The van der Waals surface area contributed by atoms with Gasteiger partial charge in [-0.15, -0.1) is 0 Å². The Morgan fingerprint density at radius 1 is 1.05 bits per heavy atom. The molecule has 37 heavy (non-hydrogen) atoms. The molecule has 0 saturated carbocycles. The Hall–Kier alpha value is -3.12. The Morgan fingerprint density at radius 3 is 2.19 bits per heavy atom. The van der Waals surface area contributed by atoms with Crippen molar-refractivity contribution >= 4 is 23.7 Å². The number of hydrogen-bond donors (Lipinski definition) is 2. The summed E-state index contributed by atoms with van der Waals surface area (Å²) in [6.45, 7) is 3.06. The van der Waals surface area contributed by atoms with Crippen LogP contribution in [0.2, 0.25) is 0 Å². The van der Waals surface area contributed by atoms with E-state index in [0.717, 1.165) is 24.5 Å². The van der Waals surface area contributed by atoms with Gasteiger partial charge in [-0.2, -0.15) is 16.7 Å². The number of carbonyl (C=O) groups is 2. The maximum absolute atomic E-state index is 12.4. The lowest BCUT2D eigenvalue weighted by atomic mass is 10.0. The summed E-state index contributed by atoms with van der Waals surface area (Å²) >= 11 is 2.08. The van der Waals surface area contributed by atoms with Crippen LogP contribution in [0.1, 0.15) is 43.5 Å². The number of thioether (sulfide) groups is 1. The molecule has 3 heterocycles. The molecule has 2 saturated heterocycles. The Balaban J connectivity index is 0.000000568. The fraction of sp³-hybridized carbons (Fsp3) is 0.560.